The first-order valence-corrected chi connectivity index (χ1v) is 8.15. The van der Waals surface area contributed by atoms with Gasteiger partial charge in [-0.1, -0.05) is 25.1 Å². The molecule has 6 heteroatoms. The van der Waals surface area contributed by atoms with E-state index in [9.17, 15) is 8.42 Å². The summed E-state index contributed by atoms with van der Waals surface area (Å²) in [4.78, 5) is 0. The summed E-state index contributed by atoms with van der Waals surface area (Å²) < 4.78 is 31.1. The summed E-state index contributed by atoms with van der Waals surface area (Å²) in [6.07, 6.45) is 0.648. The Labute approximate surface area is 115 Å². The molecule has 0 aliphatic heterocycles. The highest BCUT2D eigenvalue weighted by molar-refractivity contribution is 7.89. The fraction of sp³-hybridized carbons (Fsp3) is 0.538. The first-order chi connectivity index (χ1) is 9.14. The Morgan fingerprint density at radius 2 is 1.89 bits per heavy atom. The maximum Gasteiger partial charge on any atom is 0.212 e. The minimum atomic E-state index is -3.17. The molecule has 2 N–H and O–H groups in total. The van der Waals surface area contributed by atoms with Gasteiger partial charge in [-0.25, -0.2) is 13.1 Å². The lowest BCUT2D eigenvalue weighted by atomic mass is 10.3. The Morgan fingerprint density at radius 1 is 1.16 bits per heavy atom. The summed E-state index contributed by atoms with van der Waals surface area (Å²) in [6, 6.07) is 9.48. The normalized spacial score (nSPS) is 11.4. The lowest BCUT2D eigenvalue weighted by molar-refractivity contribution is 0.311. The fourth-order valence-corrected chi connectivity index (χ4v) is 2.47. The van der Waals surface area contributed by atoms with E-state index in [0.717, 1.165) is 12.3 Å². The molecule has 0 amide bonds. The van der Waals surface area contributed by atoms with Gasteiger partial charge >= 0.3 is 0 Å². The van der Waals surface area contributed by atoms with Gasteiger partial charge in [-0.15, -0.1) is 0 Å². The van der Waals surface area contributed by atoms with E-state index in [-0.39, 0.29) is 5.75 Å². The van der Waals surface area contributed by atoms with Crippen molar-refractivity contribution in [2.45, 2.75) is 13.3 Å². The van der Waals surface area contributed by atoms with Gasteiger partial charge in [-0.3, -0.25) is 0 Å². The van der Waals surface area contributed by atoms with E-state index in [2.05, 4.69) is 10.0 Å². The molecule has 1 aromatic rings. The third kappa shape index (κ3) is 7.81. The van der Waals surface area contributed by atoms with Crippen LogP contribution in [0.4, 0.5) is 0 Å². The molecular weight excluding hydrogens is 264 g/mol. The van der Waals surface area contributed by atoms with Crippen molar-refractivity contribution in [3.63, 3.8) is 0 Å². The molecular formula is C13H22N2O3S. The lowest BCUT2D eigenvalue weighted by Crippen LogP contribution is -2.32. The summed E-state index contributed by atoms with van der Waals surface area (Å²) in [5.74, 6) is 0.915. The number of sulfonamides is 1. The first-order valence-electron chi connectivity index (χ1n) is 6.50. The molecule has 0 aromatic heterocycles. The Hall–Kier alpha value is -1.11. The highest BCUT2D eigenvalue weighted by Gasteiger charge is 2.08. The zero-order valence-electron chi connectivity index (χ0n) is 11.3. The van der Waals surface area contributed by atoms with Crippen LogP contribution in [0.5, 0.6) is 5.75 Å². The van der Waals surface area contributed by atoms with Crippen LogP contribution in [0.2, 0.25) is 0 Å². The van der Waals surface area contributed by atoms with Gasteiger partial charge in [0, 0.05) is 13.1 Å². The van der Waals surface area contributed by atoms with Crippen LogP contribution in [-0.2, 0) is 10.0 Å². The van der Waals surface area contributed by atoms with E-state index < -0.39 is 10.0 Å². The molecule has 0 spiro atoms. The Balaban J connectivity index is 2.10. The standard InChI is InChI=1S/C13H22N2O3S/c1-2-14-10-12-19(16,17)15-9-6-11-18-13-7-4-3-5-8-13/h3-5,7-8,14-15H,2,6,9-12H2,1H3. The molecule has 0 aliphatic carbocycles. The number of hydrogen-bond acceptors (Lipinski definition) is 4. The van der Waals surface area contributed by atoms with Gasteiger partial charge in [0.05, 0.1) is 12.4 Å². The first kappa shape index (κ1) is 15.9. The van der Waals surface area contributed by atoms with Crippen LogP contribution in [0.25, 0.3) is 0 Å². The van der Waals surface area contributed by atoms with Crippen molar-refractivity contribution in [1.29, 1.82) is 0 Å². The second-order valence-corrected chi connectivity index (χ2v) is 6.01. The summed E-state index contributed by atoms with van der Waals surface area (Å²) in [7, 11) is -3.17. The Kier molecular flexibility index (Phi) is 7.47. The van der Waals surface area contributed by atoms with Gasteiger partial charge in [0.1, 0.15) is 5.75 Å². The largest absolute Gasteiger partial charge is 0.494 e. The average Bonchev–Trinajstić information content (AvgIpc) is 2.39. The molecule has 0 unspecified atom stereocenters. The van der Waals surface area contributed by atoms with Gasteiger partial charge in [0.2, 0.25) is 10.0 Å². The van der Waals surface area contributed by atoms with Crippen molar-refractivity contribution in [3.05, 3.63) is 30.3 Å². The van der Waals surface area contributed by atoms with Crippen LogP contribution in [0.15, 0.2) is 30.3 Å². The van der Waals surface area contributed by atoms with Crippen molar-refractivity contribution in [3.8, 4) is 5.75 Å². The lowest BCUT2D eigenvalue weighted by Gasteiger charge is -2.08. The van der Waals surface area contributed by atoms with Crippen LogP contribution in [0, 0.1) is 0 Å². The summed E-state index contributed by atoms with van der Waals surface area (Å²) >= 11 is 0. The number of nitrogens with one attached hydrogen (secondary N) is 2. The summed E-state index contributed by atoms with van der Waals surface area (Å²) in [5.41, 5.74) is 0. The van der Waals surface area contributed by atoms with E-state index in [4.69, 9.17) is 4.74 Å². The maximum atomic E-state index is 11.5. The highest BCUT2D eigenvalue weighted by Crippen LogP contribution is 2.07. The molecule has 0 bridgehead atoms. The van der Waals surface area contributed by atoms with Gasteiger partial charge in [0.15, 0.2) is 0 Å². The number of para-hydroxylation sites is 1. The van der Waals surface area contributed by atoms with E-state index >= 15 is 0 Å². The highest BCUT2D eigenvalue weighted by atomic mass is 32.2. The zero-order valence-corrected chi connectivity index (χ0v) is 12.1. The smallest absolute Gasteiger partial charge is 0.212 e. The molecule has 0 saturated carbocycles. The molecule has 0 fully saturated rings. The molecule has 0 saturated heterocycles. The molecule has 1 aromatic carbocycles. The fourth-order valence-electron chi connectivity index (χ4n) is 1.46. The van der Waals surface area contributed by atoms with Crippen molar-refractivity contribution < 1.29 is 13.2 Å². The van der Waals surface area contributed by atoms with E-state index in [1.807, 2.05) is 37.3 Å². The predicted molar refractivity (Wildman–Crippen MR) is 76.9 cm³/mol. The zero-order chi connectivity index (χ0) is 14.0. The topological polar surface area (TPSA) is 67.4 Å². The van der Waals surface area contributed by atoms with Crippen molar-refractivity contribution in [2.75, 3.05) is 32.0 Å². The molecule has 0 aliphatic rings. The molecule has 0 heterocycles. The number of ether oxygens (including phenoxy) is 1. The number of rotatable bonds is 10. The number of benzene rings is 1. The third-order valence-electron chi connectivity index (χ3n) is 2.45. The second-order valence-electron chi connectivity index (χ2n) is 4.08. The van der Waals surface area contributed by atoms with Crippen molar-refractivity contribution >= 4 is 10.0 Å². The second kappa shape index (κ2) is 8.90. The van der Waals surface area contributed by atoms with Gasteiger partial charge in [0.25, 0.3) is 0 Å². The molecule has 5 nitrogen and oxygen atoms in total. The van der Waals surface area contributed by atoms with Gasteiger partial charge < -0.3 is 10.1 Å². The van der Waals surface area contributed by atoms with Crippen LogP contribution >= 0.6 is 0 Å². The number of hydrogen-bond donors (Lipinski definition) is 2. The van der Waals surface area contributed by atoms with Gasteiger partial charge in [-0.2, -0.15) is 0 Å². The van der Waals surface area contributed by atoms with E-state index in [0.29, 0.717) is 26.1 Å². The maximum absolute atomic E-state index is 11.5. The van der Waals surface area contributed by atoms with E-state index in [1.165, 1.54) is 0 Å². The molecule has 0 radical (unpaired) electrons. The Morgan fingerprint density at radius 3 is 2.58 bits per heavy atom. The Bertz CT molecular complexity index is 434. The van der Waals surface area contributed by atoms with Crippen molar-refractivity contribution in [1.82, 2.24) is 10.0 Å². The molecule has 19 heavy (non-hydrogen) atoms. The third-order valence-corrected chi connectivity index (χ3v) is 3.84. The molecule has 1 rings (SSSR count). The molecule has 108 valence electrons. The van der Waals surface area contributed by atoms with Crippen molar-refractivity contribution in [2.24, 2.45) is 0 Å². The average molecular weight is 286 g/mol. The van der Waals surface area contributed by atoms with Crippen LogP contribution in [-0.4, -0.2) is 40.4 Å². The predicted octanol–water partition coefficient (Wildman–Crippen LogP) is 0.984. The minimum absolute atomic E-state index is 0.111. The van der Waals surface area contributed by atoms with E-state index in [1.54, 1.807) is 0 Å². The summed E-state index contributed by atoms with van der Waals surface area (Å²) in [6.45, 7) is 4.11. The quantitative estimate of drug-likeness (QED) is 0.629. The van der Waals surface area contributed by atoms with Crippen LogP contribution in [0.1, 0.15) is 13.3 Å². The SMILES string of the molecule is CCNCCS(=O)(=O)NCCCOc1ccccc1. The summed E-state index contributed by atoms with van der Waals surface area (Å²) in [5, 5.41) is 2.98. The molecule has 0 atom stereocenters. The minimum Gasteiger partial charge on any atom is -0.494 e. The van der Waals surface area contributed by atoms with Crippen LogP contribution in [0.3, 0.4) is 0 Å². The monoisotopic (exact) mass is 286 g/mol. The van der Waals surface area contributed by atoms with Gasteiger partial charge in [-0.05, 0) is 25.1 Å². The van der Waals surface area contributed by atoms with Crippen LogP contribution < -0.4 is 14.8 Å².